The number of hydrogen-bond acceptors (Lipinski definition) is 3. The molecule has 0 radical (unpaired) electrons. The molecule has 1 fully saturated rings. The molecule has 3 aromatic rings. The van der Waals surface area contributed by atoms with Gasteiger partial charge in [0.05, 0.1) is 35.3 Å². The van der Waals surface area contributed by atoms with Gasteiger partial charge in [0.1, 0.15) is 0 Å². The monoisotopic (exact) mass is 337 g/mol. The Morgan fingerprint density at radius 2 is 2.20 bits per heavy atom. The van der Waals surface area contributed by atoms with Gasteiger partial charge < -0.3 is 9.47 Å². The molecule has 2 aromatic heterocycles. The van der Waals surface area contributed by atoms with E-state index in [4.69, 9.17) is 0 Å². The van der Waals surface area contributed by atoms with Gasteiger partial charge in [0, 0.05) is 19.5 Å². The first-order valence-corrected chi connectivity index (χ1v) is 8.93. The highest BCUT2D eigenvalue weighted by molar-refractivity contribution is 5.78. The number of aryl methyl sites for hydroxylation is 2. The van der Waals surface area contributed by atoms with Gasteiger partial charge >= 0.3 is 0 Å². The molecule has 6 heteroatoms. The van der Waals surface area contributed by atoms with E-state index >= 15 is 0 Å². The fraction of sp³-hybridized carbons (Fsp3) is 0.421. The fourth-order valence-electron chi connectivity index (χ4n) is 3.77. The second-order valence-electron chi connectivity index (χ2n) is 6.74. The second-order valence-corrected chi connectivity index (χ2v) is 6.74. The number of H-pyrrole nitrogens is 1. The number of carbonyl (C=O) groups is 1. The normalized spacial score (nSPS) is 18.0. The largest absolute Gasteiger partial charge is 0.334 e. The van der Waals surface area contributed by atoms with Crippen molar-refractivity contribution >= 4 is 16.9 Å². The molecule has 1 aliphatic heterocycles. The summed E-state index contributed by atoms with van der Waals surface area (Å²) in [4.78, 5) is 19.3. The van der Waals surface area contributed by atoms with Gasteiger partial charge in [-0.25, -0.2) is 4.98 Å². The topological polar surface area (TPSA) is 66.8 Å². The third-order valence-corrected chi connectivity index (χ3v) is 5.12. The Labute approximate surface area is 146 Å². The number of hydrogen-bond donors (Lipinski definition) is 1. The summed E-state index contributed by atoms with van der Waals surface area (Å²) >= 11 is 0. The zero-order valence-corrected chi connectivity index (χ0v) is 14.5. The number of fused-ring (bicyclic) bond motifs is 1. The average Bonchev–Trinajstić information content (AvgIpc) is 3.26. The third kappa shape index (κ3) is 3.04. The zero-order chi connectivity index (χ0) is 17.2. The molecule has 25 heavy (non-hydrogen) atoms. The number of para-hydroxylation sites is 2. The molecule has 4 rings (SSSR count). The van der Waals surface area contributed by atoms with Crippen molar-refractivity contribution in [3.8, 4) is 0 Å². The molecule has 0 bridgehead atoms. The van der Waals surface area contributed by atoms with Crippen LogP contribution in [0.25, 0.3) is 11.0 Å². The lowest BCUT2D eigenvalue weighted by Crippen LogP contribution is -2.39. The number of amides is 1. The van der Waals surface area contributed by atoms with Crippen LogP contribution < -0.4 is 0 Å². The van der Waals surface area contributed by atoms with Gasteiger partial charge in [-0.1, -0.05) is 12.1 Å². The number of benzene rings is 1. The van der Waals surface area contributed by atoms with Crippen molar-refractivity contribution in [2.45, 2.75) is 45.2 Å². The zero-order valence-electron chi connectivity index (χ0n) is 14.5. The molecule has 130 valence electrons. The standard InChI is InChI=1S/C19H23N5O/c1-14-12-21-22-19(14)17-8-4-5-10-24(17)18(25)9-11-23-13-20-15-6-2-3-7-16(15)23/h2-3,6-7,12-13,17H,4-5,8-11H2,1H3,(H,21,22). The first-order valence-electron chi connectivity index (χ1n) is 8.93. The van der Waals surface area contributed by atoms with Gasteiger partial charge in [-0.05, 0) is 43.9 Å². The highest BCUT2D eigenvalue weighted by Crippen LogP contribution is 2.31. The van der Waals surface area contributed by atoms with E-state index in [2.05, 4.69) is 19.7 Å². The minimum absolute atomic E-state index is 0.128. The van der Waals surface area contributed by atoms with Crippen LogP contribution in [0.5, 0.6) is 0 Å². The van der Waals surface area contributed by atoms with Crippen LogP contribution in [0.1, 0.15) is 43.0 Å². The summed E-state index contributed by atoms with van der Waals surface area (Å²) in [7, 11) is 0. The lowest BCUT2D eigenvalue weighted by molar-refractivity contribution is -0.135. The first kappa shape index (κ1) is 15.9. The van der Waals surface area contributed by atoms with Crippen LogP contribution >= 0.6 is 0 Å². The van der Waals surface area contributed by atoms with E-state index in [1.54, 1.807) is 0 Å². The van der Waals surface area contributed by atoms with Crippen molar-refractivity contribution in [1.82, 2.24) is 24.6 Å². The van der Waals surface area contributed by atoms with E-state index in [0.29, 0.717) is 13.0 Å². The van der Waals surface area contributed by atoms with Crippen LogP contribution in [0.3, 0.4) is 0 Å². The highest BCUT2D eigenvalue weighted by Gasteiger charge is 2.29. The summed E-state index contributed by atoms with van der Waals surface area (Å²) in [6.45, 7) is 3.53. The molecule has 3 heterocycles. The number of aromatic nitrogens is 4. The number of nitrogens with zero attached hydrogens (tertiary/aromatic N) is 4. The summed E-state index contributed by atoms with van der Waals surface area (Å²) in [6.07, 6.45) is 7.38. The summed E-state index contributed by atoms with van der Waals surface area (Å²) < 4.78 is 2.06. The van der Waals surface area contributed by atoms with Crippen molar-refractivity contribution in [2.24, 2.45) is 0 Å². The van der Waals surface area contributed by atoms with Crippen LogP contribution in [0.15, 0.2) is 36.8 Å². The molecule has 0 saturated carbocycles. The molecule has 0 spiro atoms. The van der Waals surface area contributed by atoms with Gasteiger partial charge in [0.2, 0.25) is 5.91 Å². The minimum Gasteiger partial charge on any atom is -0.334 e. The van der Waals surface area contributed by atoms with Gasteiger partial charge in [-0.3, -0.25) is 9.89 Å². The number of carbonyl (C=O) groups excluding carboxylic acids is 1. The first-order chi connectivity index (χ1) is 12.2. The lowest BCUT2D eigenvalue weighted by Gasteiger charge is -2.35. The van der Waals surface area contributed by atoms with E-state index in [9.17, 15) is 4.79 Å². The molecule has 1 aromatic carbocycles. The predicted molar refractivity (Wildman–Crippen MR) is 96.0 cm³/mol. The molecule has 0 aliphatic carbocycles. The number of likely N-dealkylation sites (tertiary alicyclic amines) is 1. The van der Waals surface area contributed by atoms with Gasteiger partial charge in [0.15, 0.2) is 0 Å². The molecule has 1 unspecified atom stereocenters. The smallest absolute Gasteiger partial charge is 0.224 e. The number of piperidine rings is 1. The summed E-state index contributed by atoms with van der Waals surface area (Å²) in [5, 5.41) is 7.23. The molecule has 1 N–H and O–H groups in total. The Hall–Kier alpha value is -2.63. The number of imidazole rings is 1. The summed E-state index contributed by atoms with van der Waals surface area (Å²) in [5.74, 6) is 0.205. The summed E-state index contributed by atoms with van der Waals surface area (Å²) in [6, 6.07) is 8.16. The van der Waals surface area contributed by atoms with Crippen molar-refractivity contribution in [1.29, 1.82) is 0 Å². The van der Waals surface area contributed by atoms with Crippen LogP contribution in [-0.2, 0) is 11.3 Å². The summed E-state index contributed by atoms with van der Waals surface area (Å²) in [5.41, 5.74) is 4.26. The van der Waals surface area contributed by atoms with Gasteiger partial charge in [0.25, 0.3) is 0 Å². The Balaban J connectivity index is 1.48. The van der Waals surface area contributed by atoms with Crippen molar-refractivity contribution in [3.63, 3.8) is 0 Å². The quantitative estimate of drug-likeness (QED) is 0.795. The van der Waals surface area contributed by atoms with Crippen LogP contribution in [0.2, 0.25) is 0 Å². The van der Waals surface area contributed by atoms with E-state index in [0.717, 1.165) is 48.1 Å². The maximum atomic E-state index is 12.9. The van der Waals surface area contributed by atoms with E-state index < -0.39 is 0 Å². The number of rotatable bonds is 4. The van der Waals surface area contributed by atoms with Gasteiger partial charge in [-0.15, -0.1) is 0 Å². The molecular weight excluding hydrogens is 314 g/mol. The third-order valence-electron chi connectivity index (χ3n) is 5.12. The van der Waals surface area contributed by atoms with E-state index in [1.807, 2.05) is 48.6 Å². The number of aromatic amines is 1. The highest BCUT2D eigenvalue weighted by atomic mass is 16.2. The Morgan fingerprint density at radius 3 is 3.04 bits per heavy atom. The minimum atomic E-state index is 0.128. The van der Waals surface area contributed by atoms with Crippen LogP contribution in [0, 0.1) is 6.92 Å². The molecule has 1 atom stereocenters. The second kappa shape index (κ2) is 6.70. The molecular formula is C19H23N5O. The average molecular weight is 337 g/mol. The maximum absolute atomic E-state index is 12.9. The number of nitrogens with one attached hydrogen (secondary N) is 1. The SMILES string of the molecule is Cc1cn[nH]c1C1CCCCN1C(=O)CCn1cnc2ccccc21. The van der Waals surface area contributed by atoms with Crippen molar-refractivity contribution in [3.05, 3.63) is 48.0 Å². The molecule has 1 amide bonds. The Bertz CT molecular complexity index is 881. The van der Waals surface area contributed by atoms with Gasteiger partial charge in [-0.2, -0.15) is 5.10 Å². The van der Waals surface area contributed by atoms with Crippen LogP contribution in [-0.4, -0.2) is 37.1 Å². The molecule has 6 nitrogen and oxygen atoms in total. The van der Waals surface area contributed by atoms with Crippen molar-refractivity contribution < 1.29 is 4.79 Å². The predicted octanol–water partition coefficient (Wildman–Crippen LogP) is 3.21. The Kier molecular flexibility index (Phi) is 4.26. The molecule has 1 saturated heterocycles. The Morgan fingerprint density at radius 1 is 1.32 bits per heavy atom. The maximum Gasteiger partial charge on any atom is 0.224 e. The van der Waals surface area contributed by atoms with Crippen molar-refractivity contribution in [2.75, 3.05) is 6.54 Å². The van der Waals surface area contributed by atoms with E-state index in [1.165, 1.54) is 0 Å². The lowest BCUT2D eigenvalue weighted by atomic mass is 9.97. The fourth-order valence-corrected chi connectivity index (χ4v) is 3.77. The van der Waals surface area contributed by atoms with Crippen LogP contribution in [0.4, 0.5) is 0 Å². The van der Waals surface area contributed by atoms with E-state index in [-0.39, 0.29) is 11.9 Å². The molecule has 1 aliphatic rings.